The molecular formula is C27H30N8. The molecule has 1 aliphatic rings. The monoisotopic (exact) mass is 466 g/mol. The minimum atomic E-state index is 0.436. The maximum Gasteiger partial charge on any atom is 0.153 e. The van der Waals surface area contributed by atoms with Crippen LogP contribution in [0, 0.1) is 6.92 Å². The number of fused-ring (bicyclic) bond motifs is 2. The minimum Gasteiger partial charge on any atom is -0.382 e. The number of nitrogens with one attached hydrogen (secondary N) is 2. The highest BCUT2D eigenvalue weighted by molar-refractivity contribution is 5.92. The second kappa shape index (κ2) is 9.97. The standard InChI is InChI=1S/C20H22N6.C7H8N2/c1-12-6-5-9-14-10-15(24-16(12)14)17-18-19(21)22-11-23-26(18)20(25-17)13-7-3-2-4-8-13;1-2-9-7-4-3-5-8-6-7/h5-6,9-11,13,24H,2-4,7-8H2,1H3,(H2,21,22,23);2-6,9H,1H2. The van der Waals surface area contributed by atoms with Crippen molar-refractivity contribution >= 4 is 27.9 Å². The number of anilines is 2. The summed E-state index contributed by atoms with van der Waals surface area (Å²) in [7, 11) is 0. The number of aryl methyl sites for hydroxylation is 1. The average molecular weight is 467 g/mol. The number of aromatic nitrogens is 6. The molecule has 6 rings (SSSR count). The molecule has 0 atom stereocenters. The first-order valence-electron chi connectivity index (χ1n) is 12.0. The second-order valence-electron chi connectivity index (χ2n) is 8.87. The summed E-state index contributed by atoms with van der Waals surface area (Å²) in [4.78, 5) is 16.7. The highest BCUT2D eigenvalue weighted by Gasteiger charge is 2.25. The summed E-state index contributed by atoms with van der Waals surface area (Å²) in [6.45, 7) is 5.63. The lowest BCUT2D eigenvalue weighted by atomic mass is 9.89. The van der Waals surface area contributed by atoms with Gasteiger partial charge in [0.05, 0.1) is 17.6 Å². The van der Waals surface area contributed by atoms with Gasteiger partial charge >= 0.3 is 0 Å². The number of pyridine rings is 1. The van der Waals surface area contributed by atoms with Crippen LogP contribution >= 0.6 is 0 Å². The number of benzene rings is 1. The van der Waals surface area contributed by atoms with E-state index in [-0.39, 0.29) is 0 Å². The molecule has 0 unspecified atom stereocenters. The SMILES string of the molecule is C=CNc1cccnc1.Cc1cccc2cc(-c3nc(C4CCCCC4)n4ncnc(N)c34)[nH]c12. The fraction of sp³-hybridized carbons (Fsp3) is 0.259. The van der Waals surface area contributed by atoms with Gasteiger partial charge in [0.1, 0.15) is 23.4 Å². The molecule has 4 aromatic heterocycles. The first kappa shape index (κ1) is 22.6. The molecule has 178 valence electrons. The van der Waals surface area contributed by atoms with Crippen molar-refractivity contribution in [3.8, 4) is 11.4 Å². The van der Waals surface area contributed by atoms with Gasteiger partial charge in [-0.1, -0.05) is 44.0 Å². The van der Waals surface area contributed by atoms with Crippen LogP contribution in [-0.4, -0.2) is 29.5 Å². The van der Waals surface area contributed by atoms with Crippen molar-refractivity contribution in [2.75, 3.05) is 11.1 Å². The van der Waals surface area contributed by atoms with E-state index in [1.807, 2.05) is 16.6 Å². The van der Waals surface area contributed by atoms with Crippen LogP contribution in [0.4, 0.5) is 11.5 Å². The van der Waals surface area contributed by atoms with Gasteiger partial charge in [-0.15, -0.1) is 0 Å². The summed E-state index contributed by atoms with van der Waals surface area (Å²) in [5, 5.41) is 8.57. The van der Waals surface area contributed by atoms with Crippen LogP contribution in [0.1, 0.15) is 49.4 Å². The number of hydrogen-bond donors (Lipinski definition) is 3. The molecule has 0 bridgehead atoms. The van der Waals surface area contributed by atoms with Gasteiger partial charge in [0, 0.05) is 23.0 Å². The first-order valence-corrected chi connectivity index (χ1v) is 12.0. The summed E-state index contributed by atoms with van der Waals surface area (Å²) in [6.07, 6.45) is 12.7. The molecule has 1 saturated carbocycles. The Kier molecular flexibility index (Phi) is 6.43. The molecule has 1 aromatic carbocycles. The van der Waals surface area contributed by atoms with Gasteiger partial charge in [0.25, 0.3) is 0 Å². The van der Waals surface area contributed by atoms with Crippen LogP contribution in [0.5, 0.6) is 0 Å². The predicted octanol–water partition coefficient (Wildman–Crippen LogP) is 5.85. The molecule has 35 heavy (non-hydrogen) atoms. The van der Waals surface area contributed by atoms with Gasteiger partial charge in [-0.2, -0.15) is 5.10 Å². The van der Waals surface area contributed by atoms with Gasteiger partial charge < -0.3 is 16.0 Å². The maximum atomic E-state index is 6.24. The molecule has 1 aliphatic carbocycles. The zero-order valence-corrected chi connectivity index (χ0v) is 19.9. The van der Waals surface area contributed by atoms with E-state index < -0.39 is 0 Å². The maximum absolute atomic E-state index is 6.24. The molecule has 4 heterocycles. The van der Waals surface area contributed by atoms with Gasteiger partial charge in [0.2, 0.25) is 0 Å². The number of nitrogens with zero attached hydrogens (tertiary/aromatic N) is 5. The van der Waals surface area contributed by atoms with E-state index in [0.717, 1.165) is 46.8 Å². The van der Waals surface area contributed by atoms with E-state index in [9.17, 15) is 0 Å². The summed E-state index contributed by atoms with van der Waals surface area (Å²) in [5.74, 6) is 1.92. The Hall–Kier alpha value is -4.20. The number of imidazole rings is 1. The zero-order chi connectivity index (χ0) is 24.2. The number of nitrogen functional groups attached to an aromatic ring is 1. The predicted molar refractivity (Wildman–Crippen MR) is 141 cm³/mol. The van der Waals surface area contributed by atoms with Crippen LogP contribution in [0.15, 0.2) is 67.9 Å². The fourth-order valence-corrected chi connectivity index (χ4v) is 4.79. The summed E-state index contributed by atoms with van der Waals surface area (Å²) in [6, 6.07) is 12.2. The Balaban J connectivity index is 0.000000239. The van der Waals surface area contributed by atoms with Crippen molar-refractivity contribution in [2.45, 2.75) is 44.9 Å². The molecule has 8 heteroatoms. The third kappa shape index (κ3) is 4.59. The smallest absolute Gasteiger partial charge is 0.153 e. The van der Waals surface area contributed by atoms with Crippen LogP contribution in [0.25, 0.3) is 27.8 Å². The summed E-state index contributed by atoms with van der Waals surface area (Å²) >= 11 is 0. The quantitative estimate of drug-likeness (QED) is 0.307. The highest BCUT2D eigenvalue weighted by Crippen LogP contribution is 2.36. The molecule has 4 N–H and O–H groups in total. The Bertz CT molecular complexity index is 1440. The number of para-hydroxylation sites is 1. The van der Waals surface area contributed by atoms with Crippen molar-refractivity contribution in [3.05, 3.63) is 79.3 Å². The number of rotatable bonds is 4. The molecule has 1 fully saturated rings. The number of H-pyrrole nitrogens is 1. The van der Waals surface area contributed by atoms with Crippen molar-refractivity contribution in [3.63, 3.8) is 0 Å². The lowest BCUT2D eigenvalue weighted by Gasteiger charge is -2.19. The Morgan fingerprint density at radius 1 is 1.17 bits per heavy atom. The van der Waals surface area contributed by atoms with Crippen LogP contribution in [0.3, 0.4) is 0 Å². The first-order chi connectivity index (χ1) is 17.2. The van der Waals surface area contributed by atoms with Gasteiger partial charge in [-0.3, -0.25) is 4.98 Å². The van der Waals surface area contributed by atoms with Crippen LogP contribution in [0.2, 0.25) is 0 Å². The van der Waals surface area contributed by atoms with Gasteiger partial charge in [0.15, 0.2) is 5.82 Å². The fourth-order valence-electron chi connectivity index (χ4n) is 4.79. The van der Waals surface area contributed by atoms with Crippen LogP contribution < -0.4 is 11.1 Å². The van der Waals surface area contributed by atoms with Crippen molar-refractivity contribution in [1.82, 2.24) is 29.5 Å². The number of nitrogens with two attached hydrogens (primary N) is 1. The molecule has 0 aliphatic heterocycles. The van der Waals surface area contributed by atoms with E-state index in [2.05, 4.69) is 63.1 Å². The van der Waals surface area contributed by atoms with Crippen LogP contribution in [-0.2, 0) is 0 Å². The third-order valence-electron chi connectivity index (χ3n) is 6.51. The average Bonchev–Trinajstić information content (AvgIpc) is 3.50. The van der Waals surface area contributed by atoms with Crippen molar-refractivity contribution in [1.29, 1.82) is 0 Å². The summed E-state index contributed by atoms with van der Waals surface area (Å²) in [5.41, 5.74) is 12.2. The van der Waals surface area contributed by atoms with E-state index in [4.69, 9.17) is 10.7 Å². The van der Waals surface area contributed by atoms with E-state index in [1.54, 1.807) is 18.6 Å². The third-order valence-corrected chi connectivity index (χ3v) is 6.51. The van der Waals surface area contributed by atoms with E-state index >= 15 is 0 Å². The van der Waals surface area contributed by atoms with E-state index in [0.29, 0.717) is 11.7 Å². The van der Waals surface area contributed by atoms with Gasteiger partial charge in [-0.05, 0) is 49.7 Å². The zero-order valence-electron chi connectivity index (χ0n) is 19.9. The molecule has 0 saturated heterocycles. The molecule has 0 radical (unpaired) electrons. The normalized spacial score (nSPS) is 14.0. The lowest BCUT2D eigenvalue weighted by Crippen LogP contribution is -2.10. The Morgan fingerprint density at radius 2 is 2.03 bits per heavy atom. The molecule has 8 nitrogen and oxygen atoms in total. The van der Waals surface area contributed by atoms with Crippen molar-refractivity contribution < 1.29 is 0 Å². The Labute approximate surface area is 204 Å². The highest BCUT2D eigenvalue weighted by atomic mass is 15.3. The largest absolute Gasteiger partial charge is 0.382 e. The molecule has 5 aromatic rings. The number of aromatic amines is 1. The molecular weight excluding hydrogens is 436 g/mol. The number of hydrogen-bond acceptors (Lipinski definition) is 6. The molecule has 0 spiro atoms. The molecule has 0 amide bonds. The Morgan fingerprint density at radius 3 is 2.77 bits per heavy atom. The topological polar surface area (TPSA) is 110 Å². The summed E-state index contributed by atoms with van der Waals surface area (Å²) < 4.78 is 1.91. The lowest BCUT2D eigenvalue weighted by molar-refractivity contribution is 0.424. The van der Waals surface area contributed by atoms with Crippen molar-refractivity contribution in [2.24, 2.45) is 0 Å². The minimum absolute atomic E-state index is 0.436. The van der Waals surface area contributed by atoms with E-state index in [1.165, 1.54) is 36.5 Å². The van der Waals surface area contributed by atoms with Gasteiger partial charge in [-0.25, -0.2) is 14.5 Å². The second-order valence-corrected chi connectivity index (χ2v) is 8.87.